The number of hydrogen-bond donors (Lipinski definition) is 0. The molecule has 0 unspecified atom stereocenters. The monoisotopic (exact) mass is 362 g/mol. The van der Waals surface area contributed by atoms with Gasteiger partial charge in [0, 0.05) is 10.8 Å². The number of aryl methyl sites for hydroxylation is 2. The molecule has 7 rings (SSSR count). The van der Waals surface area contributed by atoms with E-state index in [1.54, 1.807) is 0 Å². The molecule has 0 aliphatic heterocycles. The molecule has 0 amide bonds. The van der Waals surface area contributed by atoms with E-state index >= 15 is 0 Å². The zero-order valence-corrected chi connectivity index (χ0v) is 15.5. The van der Waals surface area contributed by atoms with E-state index in [4.69, 9.17) is 4.42 Å². The fourth-order valence-electron chi connectivity index (χ4n) is 5.13. The Labute approximate surface area is 159 Å². The minimum absolute atomic E-state index is 0.687. The van der Waals surface area contributed by atoms with E-state index in [-0.39, 0.29) is 0 Å². The SMILES string of the molecule is Cc1c2ccccc2c2c3ccccc3n3c4coc5nc[n+](C)c(c1c23)c54. The fourth-order valence-corrected chi connectivity index (χ4v) is 5.13. The average Bonchev–Trinajstić information content (AvgIpc) is 3.29. The minimum atomic E-state index is 0.687. The predicted molar refractivity (Wildman–Crippen MR) is 112 cm³/mol. The molecule has 4 heterocycles. The van der Waals surface area contributed by atoms with Gasteiger partial charge in [0.25, 0.3) is 6.33 Å². The van der Waals surface area contributed by atoms with Crippen LogP contribution in [-0.2, 0) is 7.05 Å². The van der Waals surface area contributed by atoms with Crippen LogP contribution in [0.2, 0.25) is 0 Å². The first-order valence-electron chi connectivity index (χ1n) is 9.46. The van der Waals surface area contributed by atoms with Gasteiger partial charge in [-0.2, -0.15) is 0 Å². The summed E-state index contributed by atoms with van der Waals surface area (Å²) in [6.07, 6.45) is 3.70. The Hall–Kier alpha value is -3.66. The third kappa shape index (κ3) is 1.43. The summed E-state index contributed by atoms with van der Waals surface area (Å²) in [6, 6.07) is 17.4. The van der Waals surface area contributed by atoms with Gasteiger partial charge in [0.2, 0.25) is 0 Å². The number of aromatic nitrogens is 3. The quantitative estimate of drug-likeness (QED) is 0.209. The van der Waals surface area contributed by atoms with Gasteiger partial charge >= 0.3 is 5.71 Å². The van der Waals surface area contributed by atoms with Crippen LogP contribution in [0.25, 0.3) is 60.1 Å². The largest absolute Gasteiger partial charge is 0.425 e. The number of rotatable bonds is 0. The van der Waals surface area contributed by atoms with Crippen LogP contribution in [0.5, 0.6) is 0 Å². The van der Waals surface area contributed by atoms with Crippen molar-refractivity contribution >= 4 is 60.1 Å². The lowest BCUT2D eigenvalue weighted by Gasteiger charge is -2.12. The van der Waals surface area contributed by atoms with Gasteiger partial charge < -0.3 is 8.82 Å². The van der Waals surface area contributed by atoms with Crippen LogP contribution in [0.1, 0.15) is 5.56 Å². The molecule has 0 saturated carbocycles. The van der Waals surface area contributed by atoms with E-state index in [1.807, 2.05) is 12.6 Å². The third-order valence-electron chi connectivity index (χ3n) is 6.25. The van der Waals surface area contributed by atoms with E-state index < -0.39 is 0 Å². The number of hydrogen-bond acceptors (Lipinski definition) is 2. The van der Waals surface area contributed by atoms with Crippen molar-refractivity contribution in [3.05, 3.63) is 66.7 Å². The molecule has 3 aromatic carbocycles. The molecular formula is C24H16N3O+. The van der Waals surface area contributed by atoms with Gasteiger partial charge in [-0.1, -0.05) is 42.5 Å². The molecule has 0 saturated heterocycles. The van der Waals surface area contributed by atoms with E-state index in [0.717, 1.165) is 10.9 Å². The van der Waals surface area contributed by atoms with Crippen molar-refractivity contribution in [3.8, 4) is 0 Å². The van der Waals surface area contributed by atoms with Gasteiger partial charge in [0.15, 0.2) is 5.52 Å². The molecule has 0 bridgehead atoms. The summed E-state index contributed by atoms with van der Waals surface area (Å²) in [7, 11) is 2.07. The maximum atomic E-state index is 5.89. The molecule has 28 heavy (non-hydrogen) atoms. The summed E-state index contributed by atoms with van der Waals surface area (Å²) in [5.74, 6) is 0. The van der Waals surface area contributed by atoms with Crippen molar-refractivity contribution in [1.29, 1.82) is 0 Å². The number of para-hydroxylation sites is 1. The molecule has 4 aromatic heterocycles. The van der Waals surface area contributed by atoms with Gasteiger partial charge in [-0.25, -0.2) is 4.57 Å². The van der Waals surface area contributed by atoms with Crippen LogP contribution in [0, 0.1) is 6.92 Å². The zero-order valence-electron chi connectivity index (χ0n) is 15.5. The Morgan fingerprint density at radius 3 is 2.46 bits per heavy atom. The van der Waals surface area contributed by atoms with Gasteiger partial charge in [-0.15, -0.1) is 0 Å². The van der Waals surface area contributed by atoms with E-state index in [1.165, 1.54) is 49.0 Å². The minimum Gasteiger partial charge on any atom is -0.425 e. The smallest absolute Gasteiger partial charge is 0.346 e. The molecule has 7 aromatic rings. The molecule has 0 radical (unpaired) electrons. The highest BCUT2D eigenvalue weighted by Gasteiger charge is 2.27. The summed E-state index contributed by atoms with van der Waals surface area (Å²) in [5, 5.41) is 7.53. The lowest BCUT2D eigenvalue weighted by atomic mass is 9.95. The van der Waals surface area contributed by atoms with Crippen LogP contribution < -0.4 is 4.57 Å². The molecule has 0 aliphatic carbocycles. The van der Waals surface area contributed by atoms with Crippen molar-refractivity contribution in [2.24, 2.45) is 7.05 Å². The second kappa shape index (κ2) is 4.60. The molecule has 0 N–H and O–H groups in total. The van der Waals surface area contributed by atoms with Gasteiger partial charge in [-0.3, -0.25) is 0 Å². The summed E-state index contributed by atoms with van der Waals surface area (Å²) in [4.78, 5) is 4.52. The Morgan fingerprint density at radius 2 is 1.61 bits per heavy atom. The van der Waals surface area contributed by atoms with E-state index in [9.17, 15) is 0 Å². The number of furan rings is 1. The predicted octanol–water partition coefficient (Wildman–Crippen LogP) is 5.26. The Morgan fingerprint density at radius 1 is 0.857 bits per heavy atom. The van der Waals surface area contributed by atoms with Crippen molar-refractivity contribution in [3.63, 3.8) is 0 Å². The zero-order chi connectivity index (χ0) is 18.6. The average molecular weight is 362 g/mol. The molecule has 132 valence electrons. The summed E-state index contributed by atoms with van der Waals surface area (Å²) >= 11 is 0. The number of nitrogens with zero attached hydrogens (tertiary/aromatic N) is 3. The highest BCUT2D eigenvalue weighted by Crippen LogP contribution is 2.44. The number of pyridine rings is 1. The van der Waals surface area contributed by atoms with Crippen molar-refractivity contribution < 1.29 is 8.98 Å². The second-order valence-electron chi connectivity index (χ2n) is 7.63. The molecule has 0 aliphatic rings. The Balaban J connectivity index is 2.05. The second-order valence-corrected chi connectivity index (χ2v) is 7.63. The van der Waals surface area contributed by atoms with Crippen LogP contribution >= 0.6 is 0 Å². The lowest BCUT2D eigenvalue weighted by molar-refractivity contribution is -0.647. The first-order chi connectivity index (χ1) is 13.8. The van der Waals surface area contributed by atoms with E-state index in [2.05, 4.69) is 76.5 Å². The molecule has 4 heteroatoms. The molecule has 4 nitrogen and oxygen atoms in total. The number of fused-ring (bicyclic) bond motifs is 7. The fraction of sp³-hybridized carbons (Fsp3) is 0.0833. The first kappa shape index (κ1) is 14.4. The van der Waals surface area contributed by atoms with E-state index in [0.29, 0.717) is 5.71 Å². The molecule has 0 spiro atoms. The summed E-state index contributed by atoms with van der Waals surface area (Å²) < 4.78 is 10.4. The van der Waals surface area contributed by atoms with Gasteiger partial charge in [-0.05, 0) is 34.3 Å². The van der Waals surface area contributed by atoms with Crippen molar-refractivity contribution in [1.82, 2.24) is 9.38 Å². The summed E-state index contributed by atoms with van der Waals surface area (Å²) in [5.41, 5.74) is 6.69. The Bertz CT molecular complexity index is 1700. The highest BCUT2D eigenvalue weighted by molar-refractivity contribution is 6.32. The molecule has 0 fully saturated rings. The van der Waals surface area contributed by atoms with Crippen LogP contribution in [0.3, 0.4) is 0 Å². The maximum absolute atomic E-state index is 5.89. The van der Waals surface area contributed by atoms with Crippen LogP contribution in [-0.4, -0.2) is 9.38 Å². The normalized spacial score (nSPS) is 12.6. The van der Waals surface area contributed by atoms with Crippen LogP contribution in [0.4, 0.5) is 0 Å². The highest BCUT2D eigenvalue weighted by atomic mass is 16.3. The lowest BCUT2D eigenvalue weighted by Crippen LogP contribution is -2.29. The molecular weight excluding hydrogens is 346 g/mol. The van der Waals surface area contributed by atoms with Crippen molar-refractivity contribution in [2.75, 3.05) is 0 Å². The molecule has 0 atom stereocenters. The topological polar surface area (TPSA) is 34.3 Å². The number of benzene rings is 3. The Kier molecular flexibility index (Phi) is 2.36. The first-order valence-corrected chi connectivity index (χ1v) is 9.46. The van der Waals surface area contributed by atoms with Crippen molar-refractivity contribution in [2.45, 2.75) is 6.92 Å². The summed E-state index contributed by atoms with van der Waals surface area (Å²) in [6.45, 7) is 2.23. The van der Waals surface area contributed by atoms with Crippen LogP contribution in [0.15, 0.2) is 65.5 Å². The van der Waals surface area contributed by atoms with Gasteiger partial charge in [0.05, 0.1) is 23.5 Å². The third-order valence-corrected chi connectivity index (χ3v) is 6.25. The van der Waals surface area contributed by atoms with Gasteiger partial charge in [0.1, 0.15) is 17.2 Å². The maximum Gasteiger partial charge on any atom is 0.346 e. The standard InChI is InChI=1S/C24H16N3O/c1-13-14-7-3-4-8-15(14)20-16-9-5-6-10-17(16)27-18-11-28-24-21(18)22(19(13)23(20)27)26(2)12-25-24/h3-12H,1-2H3/q+1.